The summed E-state index contributed by atoms with van der Waals surface area (Å²) in [7, 11) is 0. The summed E-state index contributed by atoms with van der Waals surface area (Å²) in [6.07, 6.45) is -22.2. The summed E-state index contributed by atoms with van der Waals surface area (Å²) in [4.78, 5) is 0. The zero-order valence-electron chi connectivity index (χ0n) is 45.0. The molecule has 0 saturated heterocycles. The average Bonchev–Trinajstić information content (AvgIpc) is 0.685. The Hall–Kier alpha value is -4.34. The zero-order chi connectivity index (χ0) is 83.6. The van der Waals surface area contributed by atoms with Crippen molar-refractivity contribution in [3.05, 3.63) is 0 Å². The topological polar surface area (TPSA) is 0 Å². The van der Waals surface area contributed by atoms with Gasteiger partial charge >= 0.3 is 178 Å². The highest BCUT2D eigenvalue weighted by Gasteiger charge is 3.04. The minimum atomic E-state index is -10.5. The first-order valence-electron chi connectivity index (χ1n) is 22.5. The van der Waals surface area contributed by atoms with Crippen molar-refractivity contribution in [2.75, 3.05) is 0 Å². The van der Waals surface area contributed by atoms with E-state index in [9.17, 15) is 272 Å². The van der Waals surface area contributed by atoms with Crippen molar-refractivity contribution in [1.29, 1.82) is 0 Å². The monoisotopic (exact) mass is 1650 g/mol. The molecule has 0 N–H and O–H groups in total. The quantitative estimate of drug-likeness (QED) is 0.0629. The summed E-state index contributed by atoms with van der Waals surface area (Å²) in [6, 6.07) is 0. The Kier molecular flexibility index (Phi) is 24.1. The van der Waals surface area contributed by atoms with E-state index in [1.165, 1.54) is 0 Å². The van der Waals surface area contributed by atoms with E-state index < -0.39 is 203 Å². The second-order valence-corrected chi connectivity index (χ2v) is 20.5. The molecule has 0 radical (unpaired) electrons. The predicted molar refractivity (Wildman–Crippen MR) is 190 cm³/mol. The third-order valence-corrected chi connectivity index (χ3v) is 12.4. The van der Waals surface area contributed by atoms with Crippen LogP contribution in [0, 0.1) is 11.8 Å². The standard InChI is InChI=1S/C23H9F39.C15H9F23/c1-4(2)3-5(24,25)6(26,27)7(28,29)8(30,31)9(32,33)10(34,35)11(36,37)12(38,39)13(40,41)14(42,43)15(44,45)16(46,47)17(48,49)18(50,51)19(52,53)20(54,55)21(56,57)22(58,59)23(60,61)62;1-4(2)3-5(16,17)6(18,19)7(20,21)8(22,23)9(24,25)10(26,27)11(28,29)12(30,31)13(32,33)14(34,35)15(36,37)38/h4H,3H2,1-2H3;4H,3H2,1-2H3. The Labute approximate surface area is 504 Å². The van der Waals surface area contributed by atoms with E-state index in [-0.39, 0.29) is 13.8 Å². The molecule has 0 fully saturated rings. The van der Waals surface area contributed by atoms with Gasteiger partial charge in [-0.05, 0) is 11.8 Å². The van der Waals surface area contributed by atoms with Gasteiger partial charge in [-0.3, -0.25) is 0 Å². The molecule has 0 bridgehead atoms. The largest absolute Gasteiger partial charge is 0.460 e. The van der Waals surface area contributed by atoms with Crippen molar-refractivity contribution in [2.24, 2.45) is 11.8 Å². The third-order valence-electron chi connectivity index (χ3n) is 12.4. The smallest absolute Gasteiger partial charge is 0.200 e. The average molecular weight is 1650 g/mol. The first-order chi connectivity index (χ1) is 41.8. The second-order valence-electron chi connectivity index (χ2n) is 20.5. The first-order valence-corrected chi connectivity index (χ1v) is 22.5. The number of hydrogen-bond donors (Lipinski definition) is 0. The van der Waals surface area contributed by atoms with Gasteiger partial charge in [-0.2, -0.15) is 272 Å². The van der Waals surface area contributed by atoms with Crippen LogP contribution >= 0.6 is 0 Å². The first kappa shape index (κ1) is 97.7. The molecule has 0 aromatic rings. The van der Waals surface area contributed by atoms with Gasteiger partial charge in [0, 0.05) is 12.8 Å². The SMILES string of the molecule is CC(C)CC(F)(F)C(F)(F)C(F)(F)C(F)(F)C(F)(F)C(F)(F)C(F)(F)C(F)(F)C(F)(F)C(F)(F)C(F)(F)C(F)(F)C(F)(F)C(F)(F)C(F)(F)C(F)(F)C(F)(F)C(F)(F)C(F)(F)F.CC(C)CC(F)(F)C(F)(F)C(F)(F)C(F)(F)C(F)(F)C(F)(F)C(F)(F)C(F)(F)C(F)(F)C(F)(F)C(F)(F)F. The van der Waals surface area contributed by atoms with Crippen molar-refractivity contribution in [1.82, 2.24) is 0 Å². The summed E-state index contributed by atoms with van der Waals surface area (Å²) in [6.45, 7) is 1.44. The molecule has 0 spiro atoms. The molecule has 0 rings (SSSR count). The highest BCUT2D eigenvalue weighted by Crippen LogP contribution is 2.73. The highest BCUT2D eigenvalue weighted by molar-refractivity contribution is 5.24. The molecule has 100 heavy (non-hydrogen) atoms. The number of alkyl halides is 62. The second kappa shape index (κ2) is 24.6. The molecule has 0 amide bonds. The van der Waals surface area contributed by atoms with Crippen LogP contribution in [0.1, 0.15) is 40.5 Å². The fourth-order valence-electron chi connectivity index (χ4n) is 6.43. The summed E-state index contributed by atoms with van der Waals surface area (Å²) in [5, 5.41) is 0. The maximum atomic E-state index is 14.0. The van der Waals surface area contributed by atoms with Crippen LogP contribution in [0.15, 0.2) is 0 Å². The molecule has 0 saturated carbocycles. The van der Waals surface area contributed by atoms with E-state index in [1.54, 1.807) is 0 Å². The lowest BCUT2D eigenvalue weighted by Gasteiger charge is -2.47. The van der Waals surface area contributed by atoms with Gasteiger partial charge in [0.05, 0.1) is 0 Å². The van der Waals surface area contributed by atoms with E-state index in [4.69, 9.17) is 0 Å². The van der Waals surface area contributed by atoms with Gasteiger partial charge in [0.1, 0.15) is 0 Å². The van der Waals surface area contributed by atoms with E-state index in [2.05, 4.69) is 0 Å². The van der Waals surface area contributed by atoms with Gasteiger partial charge in [0.2, 0.25) is 0 Å². The normalized spacial score (nSPS) is 17.2. The number of hydrogen-bond acceptors (Lipinski definition) is 0. The summed E-state index contributed by atoms with van der Waals surface area (Å²) < 4.78 is 835. The Balaban J connectivity index is 0. The van der Waals surface area contributed by atoms with Crippen LogP contribution in [0.5, 0.6) is 0 Å². The summed E-state index contributed by atoms with van der Waals surface area (Å²) in [5.41, 5.74) is 0. The Morgan fingerprint density at radius 2 is 0.190 bits per heavy atom. The molecule has 0 aliphatic rings. The van der Waals surface area contributed by atoms with Crippen LogP contribution in [-0.2, 0) is 0 Å². The fraction of sp³-hybridized carbons (Fsp3) is 1.00. The Bertz CT molecular complexity index is 2800. The Morgan fingerprint density at radius 3 is 0.260 bits per heavy atom. The van der Waals surface area contributed by atoms with Gasteiger partial charge < -0.3 is 0 Å². The molecule has 0 heterocycles. The molecule has 0 aromatic carbocycles. The molecule has 0 unspecified atom stereocenters. The maximum absolute atomic E-state index is 14.0. The van der Waals surface area contributed by atoms with Crippen molar-refractivity contribution in [3.63, 3.8) is 0 Å². The highest BCUT2D eigenvalue weighted by atomic mass is 19.5. The van der Waals surface area contributed by atoms with Gasteiger partial charge in [-0.25, -0.2) is 0 Å². The molecular formula is C38H18F62. The van der Waals surface area contributed by atoms with Crippen molar-refractivity contribution >= 4 is 0 Å². The van der Waals surface area contributed by atoms with Crippen LogP contribution in [0.3, 0.4) is 0 Å². The molecule has 0 aliphatic heterocycles. The number of halogens is 62. The molecule has 0 aliphatic carbocycles. The van der Waals surface area contributed by atoms with Gasteiger partial charge in [0.25, 0.3) is 0 Å². The third kappa shape index (κ3) is 12.1. The maximum Gasteiger partial charge on any atom is 0.460 e. The van der Waals surface area contributed by atoms with Gasteiger partial charge in [0.15, 0.2) is 0 Å². The van der Waals surface area contributed by atoms with Gasteiger partial charge in [-0.1, -0.05) is 27.7 Å². The van der Waals surface area contributed by atoms with E-state index in [1.807, 2.05) is 0 Å². The predicted octanol–water partition coefficient (Wildman–Crippen LogP) is 23.0. The molecule has 0 atom stereocenters. The van der Waals surface area contributed by atoms with Crippen molar-refractivity contribution in [3.8, 4) is 0 Å². The van der Waals surface area contributed by atoms with E-state index >= 15 is 0 Å². The summed E-state index contributed by atoms with van der Waals surface area (Å²) >= 11 is 0. The van der Waals surface area contributed by atoms with Crippen LogP contribution in [0.2, 0.25) is 0 Å². The molecule has 604 valence electrons. The molecule has 0 aromatic heterocycles. The van der Waals surface area contributed by atoms with E-state index in [0.717, 1.165) is 0 Å². The van der Waals surface area contributed by atoms with Crippen molar-refractivity contribution < 1.29 is 272 Å². The minimum absolute atomic E-state index is 0.245. The lowest BCUT2D eigenvalue weighted by atomic mass is 9.81. The van der Waals surface area contributed by atoms with E-state index in [0.29, 0.717) is 13.8 Å². The minimum Gasteiger partial charge on any atom is -0.200 e. The lowest BCUT2D eigenvalue weighted by Crippen LogP contribution is -2.80. The van der Waals surface area contributed by atoms with Crippen LogP contribution in [0.4, 0.5) is 272 Å². The lowest BCUT2D eigenvalue weighted by molar-refractivity contribution is -0.494. The molecule has 0 nitrogen and oxygen atoms in total. The van der Waals surface area contributed by atoms with Crippen LogP contribution in [-0.4, -0.2) is 178 Å². The summed E-state index contributed by atoms with van der Waals surface area (Å²) in [5.74, 6) is -267. The fourth-order valence-corrected chi connectivity index (χ4v) is 6.43. The van der Waals surface area contributed by atoms with Gasteiger partial charge in [-0.15, -0.1) is 0 Å². The Morgan fingerprint density at radius 1 is 0.120 bits per heavy atom. The molecule has 62 heteroatoms. The van der Waals surface area contributed by atoms with Crippen molar-refractivity contribution in [2.45, 2.75) is 219 Å². The number of rotatable bonds is 30. The van der Waals surface area contributed by atoms with Crippen LogP contribution < -0.4 is 0 Å². The molecular weight excluding hydrogens is 1630 g/mol. The van der Waals surface area contributed by atoms with Crippen LogP contribution in [0.25, 0.3) is 0 Å². The zero-order valence-corrected chi connectivity index (χ0v) is 45.0.